The largest absolute Gasteiger partial charge is 0.478 e. The minimum atomic E-state index is -0.902. The molecule has 6 heteroatoms. The molecule has 0 fully saturated rings. The summed E-state index contributed by atoms with van der Waals surface area (Å²) in [5.74, 6) is 0.499. The van der Waals surface area contributed by atoms with Gasteiger partial charge in [-0.1, -0.05) is 30.0 Å². The van der Waals surface area contributed by atoms with Crippen molar-refractivity contribution >= 4 is 17.7 Å². The van der Waals surface area contributed by atoms with Crippen LogP contribution in [0.1, 0.15) is 21.7 Å². The Balaban J connectivity index is 2.16. The molecule has 1 aromatic carbocycles. The Bertz CT molecular complexity index is 580. The molecule has 0 unspecified atom stereocenters. The molecule has 1 aromatic heterocycles. The first-order chi connectivity index (χ1) is 8.59. The lowest BCUT2D eigenvalue weighted by atomic mass is 10.1. The van der Waals surface area contributed by atoms with Crippen LogP contribution in [0.3, 0.4) is 0 Å². The van der Waals surface area contributed by atoms with Crippen LogP contribution in [0, 0.1) is 6.92 Å². The van der Waals surface area contributed by atoms with Crippen molar-refractivity contribution in [2.24, 2.45) is 7.05 Å². The molecule has 2 rings (SSSR count). The SMILES string of the molecule is Cc1nnc(SCc2ccccc2C(=O)O)n1C. The van der Waals surface area contributed by atoms with Gasteiger partial charge in [0.1, 0.15) is 5.82 Å². The number of aromatic carboxylic acids is 1. The van der Waals surface area contributed by atoms with Gasteiger partial charge in [-0.15, -0.1) is 10.2 Å². The maximum Gasteiger partial charge on any atom is 0.335 e. The monoisotopic (exact) mass is 263 g/mol. The summed E-state index contributed by atoms with van der Waals surface area (Å²) >= 11 is 1.48. The van der Waals surface area contributed by atoms with Gasteiger partial charge in [0.05, 0.1) is 5.56 Å². The van der Waals surface area contributed by atoms with Gasteiger partial charge in [-0.2, -0.15) is 0 Å². The quantitative estimate of drug-likeness (QED) is 0.856. The zero-order chi connectivity index (χ0) is 13.1. The van der Waals surface area contributed by atoms with Crippen molar-refractivity contribution in [3.05, 3.63) is 41.2 Å². The van der Waals surface area contributed by atoms with Crippen molar-refractivity contribution < 1.29 is 9.90 Å². The molecule has 2 aromatic rings. The predicted molar refractivity (Wildman–Crippen MR) is 68.7 cm³/mol. The van der Waals surface area contributed by atoms with Gasteiger partial charge in [0.15, 0.2) is 5.16 Å². The highest BCUT2D eigenvalue weighted by atomic mass is 32.2. The second-order valence-electron chi connectivity index (χ2n) is 3.84. The molecule has 0 bridgehead atoms. The fraction of sp³-hybridized carbons (Fsp3) is 0.250. The summed E-state index contributed by atoms with van der Waals surface area (Å²) < 4.78 is 1.88. The smallest absolute Gasteiger partial charge is 0.335 e. The van der Waals surface area contributed by atoms with Crippen molar-refractivity contribution in [1.82, 2.24) is 14.8 Å². The number of carboxylic acids is 1. The Kier molecular flexibility index (Phi) is 3.66. The number of hydrogen-bond donors (Lipinski definition) is 1. The number of hydrogen-bond acceptors (Lipinski definition) is 4. The van der Waals surface area contributed by atoms with Crippen LogP contribution in [0.4, 0.5) is 0 Å². The summed E-state index contributed by atoms with van der Waals surface area (Å²) in [6, 6.07) is 6.99. The molecule has 5 nitrogen and oxygen atoms in total. The Morgan fingerprint density at radius 3 is 2.72 bits per heavy atom. The first-order valence-electron chi connectivity index (χ1n) is 5.39. The van der Waals surface area contributed by atoms with Crippen LogP contribution in [0.2, 0.25) is 0 Å². The van der Waals surface area contributed by atoms with E-state index in [-0.39, 0.29) is 0 Å². The van der Waals surface area contributed by atoms with Crippen LogP contribution in [0.25, 0.3) is 0 Å². The van der Waals surface area contributed by atoms with Crippen molar-refractivity contribution in [1.29, 1.82) is 0 Å². The molecule has 0 aliphatic rings. The standard InChI is InChI=1S/C12H13N3O2S/c1-8-13-14-12(15(8)2)18-7-9-5-3-4-6-10(9)11(16)17/h3-6H,7H2,1-2H3,(H,16,17). The maximum absolute atomic E-state index is 11.1. The van der Waals surface area contributed by atoms with E-state index in [2.05, 4.69) is 10.2 Å². The fourth-order valence-corrected chi connectivity index (χ4v) is 2.47. The summed E-state index contributed by atoms with van der Waals surface area (Å²) in [4.78, 5) is 11.1. The Morgan fingerprint density at radius 2 is 2.11 bits per heavy atom. The second kappa shape index (κ2) is 5.22. The molecular weight excluding hydrogens is 250 g/mol. The number of carboxylic acid groups (broad SMARTS) is 1. The number of nitrogens with zero attached hydrogens (tertiary/aromatic N) is 3. The highest BCUT2D eigenvalue weighted by molar-refractivity contribution is 7.98. The van der Waals surface area contributed by atoms with Crippen LogP contribution in [-0.4, -0.2) is 25.8 Å². The first-order valence-corrected chi connectivity index (χ1v) is 6.38. The zero-order valence-electron chi connectivity index (χ0n) is 10.1. The second-order valence-corrected chi connectivity index (χ2v) is 4.78. The predicted octanol–water partition coefficient (Wildman–Crippen LogP) is 2.11. The van der Waals surface area contributed by atoms with Crippen molar-refractivity contribution in [2.75, 3.05) is 0 Å². The molecule has 94 valence electrons. The lowest BCUT2D eigenvalue weighted by Crippen LogP contribution is -2.01. The van der Waals surface area contributed by atoms with E-state index in [1.807, 2.05) is 30.7 Å². The van der Waals surface area contributed by atoms with E-state index in [0.29, 0.717) is 11.3 Å². The molecule has 0 spiro atoms. The molecule has 0 atom stereocenters. The normalized spacial score (nSPS) is 10.6. The van der Waals surface area contributed by atoms with E-state index in [1.165, 1.54) is 11.8 Å². The third-order valence-corrected chi connectivity index (χ3v) is 3.73. The molecule has 1 heterocycles. The lowest BCUT2D eigenvalue weighted by molar-refractivity contribution is 0.0696. The number of benzene rings is 1. The average molecular weight is 263 g/mol. The molecule has 0 radical (unpaired) electrons. The third kappa shape index (κ3) is 2.53. The zero-order valence-corrected chi connectivity index (χ0v) is 10.9. The maximum atomic E-state index is 11.1. The molecule has 0 aliphatic heterocycles. The van der Waals surface area contributed by atoms with Gasteiger partial charge in [-0.25, -0.2) is 4.79 Å². The van der Waals surface area contributed by atoms with E-state index < -0.39 is 5.97 Å². The van der Waals surface area contributed by atoms with E-state index in [4.69, 9.17) is 5.11 Å². The Labute approximate surface area is 109 Å². The molecule has 18 heavy (non-hydrogen) atoms. The fourth-order valence-electron chi connectivity index (χ4n) is 1.51. The van der Waals surface area contributed by atoms with E-state index >= 15 is 0 Å². The molecule has 1 N–H and O–H groups in total. The minimum Gasteiger partial charge on any atom is -0.478 e. The molecule has 0 saturated heterocycles. The third-order valence-electron chi connectivity index (χ3n) is 2.66. The molecular formula is C12H13N3O2S. The number of carbonyl (C=O) groups is 1. The van der Waals surface area contributed by atoms with Gasteiger partial charge >= 0.3 is 5.97 Å². The van der Waals surface area contributed by atoms with Crippen molar-refractivity contribution in [2.45, 2.75) is 17.8 Å². The summed E-state index contributed by atoms with van der Waals surface area (Å²) in [5.41, 5.74) is 1.12. The number of rotatable bonds is 4. The summed E-state index contributed by atoms with van der Waals surface area (Å²) in [7, 11) is 1.89. The van der Waals surface area contributed by atoms with Gasteiger partial charge in [0, 0.05) is 12.8 Å². The van der Waals surface area contributed by atoms with E-state index in [1.54, 1.807) is 12.1 Å². The highest BCUT2D eigenvalue weighted by Gasteiger charge is 2.11. The van der Waals surface area contributed by atoms with Crippen molar-refractivity contribution in [3.63, 3.8) is 0 Å². The van der Waals surface area contributed by atoms with Crippen LogP contribution in [-0.2, 0) is 12.8 Å². The summed E-state index contributed by atoms with van der Waals surface area (Å²) in [6.07, 6.45) is 0. The average Bonchev–Trinajstić information content (AvgIpc) is 2.68. The number of aromatic nitrogens is 3. The Morgan fingerprint density at radius 1 is 1.39 bits per heavy atom. The van der Waals surface area contributed by atoms with Gasteiger partial charge in [-0.05, 0) is 18.6 Å². The van der Waals surface area contributed by atoms with Gasteiger partial charge in [-0.3, -0.25) is 0 Å². The molecule has 0 saturated carbocycles. The molecule has 0 amide bonds. The Hall–Kier alpha value is -1.82. The summed E-state index contributed by atoms with van der Waals surface area (Å²) in [5, 5.41) is 17.9. The lowest BCUT2D eigenvalue weighted by Gasteiger charge is -2.05. The van der Waals surface area contributed by atoms with Gasteiger partial charge in [0.25, 0.3) is 0 Å². The topological polar surface area (TPSA) is 68.0 Å². The van der Waals surface area contributed by atoms with Gasteiger partial charge in [0.2, 0.25) is 0 Å². The highest BCUT2D eigenvalue weighted by Crippen LogP contribution is 2.22. The van der Waals surface area contributed by atoms with Crippen LogP contribution in [0.5, 0.6) is 0 Å². The van der Waals surface area contributed by atoms with Crippen LogP contribution in [0.15, 0.2) is 29.4 Å². The summed E-state index contributed by atoms with van der Waals surface area (Å²) in [6.45, 7) is 1.88. The molecule has 0 aliphatic carbocycles. The first kappa shape index (κ1) is 12.6. The minimum absolute atomic E-state index is 0.337. The van der Waals surface area contributed by atoms with Crippen LogP contribution >= 0.6 is 11.8 Å². The number of aryl methyl sites for hydroxylation is 1. The van der Waals surface area contributed by atoms with Crippen LogP contribution < -0.4 is 0 Å². The van der Waals surface area contributed by atoms with E-state index in [0.717, 1.165) is 16.5 Å². The van der Waals surface area contributed by atoms with E-state index in [9.17, 15) is 4.79 Å². The van der Waals surface area contributed by atoms with Gasteiger partial charge < -0.3 is 9.67 Å². The van der Waals surface area contributed by atoms with Crippen molar-refractivity contribution in [3.8, 4) is 0 Å². The number of thioether (sulfide) groups is 1.